The Hall–Kier alpha value is -2.10. The molecule has 0 aliphatic rings. The van der Waals surface area contributed by atoms with E-state index in [1.807, 2.05) is 30.3 Å². The normalized spacial score (nSPS) is 13.0. The van der Waals surface area contributed by atoms with E-state index in [9.17, 15) is 13.2 Å². The van der Waals surface area contributed by atoms with E-state index in [2.05, 4.69) is 25.8 Å². The van der Waals surface area contributed by atoms with Crippen molar-refractivity contribution in [3.8, 4) is 0 Å². The smallest absolute Gasteiger partial charge is 0.252 e. The molecule has 0 N–H and O–H groups in total. The zero-order chi connectivity index (χ0) is 16.8. The van der Waals surface area contributed by atoms with Crippen LogP contribution in [0.2, 0.25) is 0 Å². The molecule has 2 aromatic carbocycles. The van der Waals surface area contributed by atoms with Gasteiger partial charge in [-0.1, -0.05) is 57.2 Å². The molecule has 23 heavy (non-hydrogen) atoms. The fourth-order valence-corrected chi connectivity index (χ4v) is 2.82. The van der Waals surface area contributed by atoms with Gasteiger partial charge in [0.25, 0.3) is 0 Å². The highest BCUT2D eigenvalue weighted by Gasteiger charge is 2.30. The molecule has 1 nitrogen and oxygen atoms in total. The Morgan fingerprint density at radius 3 is 2.13 bits per heavy atom. The molecule has 0 spiro atoms. The van der Waals surface area contributed by atoms with Gasteiger partial charge in [-0.05, 0) is 22.4 Å². The second-order valence-electron chi connectivity index (χ2n) is 6.88. The quantitative estimate of drug-likeness (QED) is 0.518. The molecule has 0 unspecified atom stereocenters. The molecule has 4 heteroatoms. The molecule has 0 radical (unpaired) electrons. The second-order valence-corrected chi connectivity index (χ2v) is 6.88. The van der Waals surface area contributed by atoms with Gasteiger partial charge in [0, 0.05) is 10.8 Å². The summed E-state index contributed by atoms with van der Waals surface area (Å²) in [5, 5.41) is 2.28. The van der Waals surface area contributed by atoms with E-state index >= 15 is 0 Å². The van der Waals surface area contributed by atoms with E-state index < -0.39 is 12.6 Å². The van der Waals surface area contributed by atoms with E-state index in [1.54, 1.807) is 12.1 Å². The minimum absolute atomic E-state index is 0.0777. The molecule has 0 saturated heterocycles. The topological polar surface area (TPSA) is 12.9 Å². The lowest BCUT2D eigenvalue weighted by atomic mass is 9.86. The van der Waals surface area contributed by atoms with Crippen molar-refractivity contribution in [3.63, 3.8) is 0 Å². The summed E-state index contributed by atoms with van der Waals surface area (Å²) in [5.74, 6) is 0. The zero-order valence-corrected chi connectivity index (χ0v) is 13.3. The molecule has 0 bridgehead atoms. The van der Waals surface area contributed by atoms with Gasteiger partial charge in [0.05, 0.1) is 17.6 Å². The number of pyridine rings is 1. The van der Waals surface area contributed by atoms with Crippen molar-refractivity contribution >= 4 is 21.7 Å². The number of nitrogens with zero attached hydrogens (tertiary/aromatic N) is 1. The maximum Gasteiger partial charge on any atom is 0.394 e. The molecular formula is C19H18F3N. The first-order valence-electron chi connectivity index (χ1n) is 7.54. The number of hydrogen-bond acceptors (Lipinski definition) is 1. The lowest BCUT2D eigenvalue weighted by molar-refractivity contribution is -0.127. The summed E-state index contributed by atoms with van der Waals surface area (Å²) < 4.78 is 38.7. The number of alkyl halides is 3. The number of halogens is 3. The van der Waals surface area contributed by atoms with Crippen LogP contribution in [-0.4, -0.2) is 11.2 Å². The van der Waals surface area contributed by atoms with Crippen molar-refractivity contribution in [2.45, 2.75) is 38.8 Å². The average molecular weight is 317 g/mol. The standard InChI is InChI=1S/C19H18F3N/c1-18(2,3)12-8-9-15-13-6-4-5-7-14(13)17(11-19(20,21)22)23-16(15)10-12/h4-10H,11H2,1-3H3. The first kappa shape index (κ1) is 15.8. The number of rotatable bonds is 1. The van der Waals surface area contributed by atoms with E-state index in [-0.39, 0.29) is 11.1 Å². The van der Waals surface area contributed by atoms with E-state index in [1.165, 1.54) is 0 Å². The highest BCUT2D eigenvalue weighted by molar-refractivity contribution is 6.06. The van der Waals surface area contributed by atoms with Crippen molar-refractivity contribution in [1.82, 2.24) is 4.98 Å². The number of aromatic nitrogens is 1. The highest BCUT2D eigenvalue weighted by Crippen LogP contribution is 2.32. The van der Waals surface area contributed by atoms with Crippen LogP contribution in [0.1, 0.15) is 32.0 Å². The van der Waals surface area contributed by atoms with Crippen molar-refractivity contribution in [1.29, 1.82) is 0 Å². The third-order valence-electron chi connectivity index (χ3n) is 4.02. The lowest BCUT2D eigenvalue weighted by Crippen LogP contribution is -2.14. The van der Waals surface area contributed by atoms with Crippen LogP contribution < -0.4 is 0 Å². The molecule has 0 amide bonds. The van der Waals surface area contributed by atoms with Gasteiger partial charge < -0.3 is 0 Å². The Labute approximate surface area is 133 Å². The molecule has 1 heterocycles. The third-order valence-corrected chi connectivity index (χ3v) is 4.02. The third kappa shape index (κ3) is 3.16. The molecule has 0 aliphatic carbocycles. The van der Waals surface area contributed by atoms with Gasteiger partial charge in [0.2, 0.25) is 0 Å². The van der Waals surface area contributed by atoms with E-state index in [4.69, 9.17) is 0 Å². The number of fused-ring (bicyclic) bond motifs is 3. The second kappa shape index (κ2) is 5.22. The summed E-state index contributed by atoms with van der Waals surface area (Å²) in [6.45, 7) is 6.23. The SMILES string of the molecule is CC(C)(C)c1ccc2c(c1)nc(CC(F)(F)F)c1ccccc12. The Kier molecular flexibility index (Phi) is 3.58. The molecular weight excluding hydrogens is 299 g/mol. The molecule has 3 aromatic rings. The average Bonchev–Trinajstić information content (AvgIpc) is 2.44. The van der Waals surface area contributed by atoms with Crippen LogP contribution in [-0.2, 0) is 11.8 Å². The summed E-state index contributed by atoms with van der Waals surface area (Å²) in [4.78, 5) is 4.34. The Bertz CT molecular complexity index is 873. The summed E-state index contributed by atoms with van der Waals surface area (Å²) in [7, 11) is 0. The largest absolute Gasteiger partial charge is 0.394 e. The van der Waals surface area contributed by atoms with Crippen LogP contribution in [0.3, 0.4) is 0 Å². The van der Waals surface area contributed by atoms with Crippen LogP contribution in [0, 0.1) is 0 Å². The first-order valence-corrected chi connectivity index (χ1v) is 7.54. The van der Waals surface area contributed by atoms with Crippen molar-refractivity contribution in [2.75, 3.05) is 0 Å². The fourth-order valence-electron chi connectivity index (χ4n) is 2.82. The van der Waals surface area contributed by atoms with Gasteiger partial charge in [0.15, 0.2) is 0 Å². The van der Waals surface area contributed by atoms with Crippen molar-refractivity contribution < 1.29 is 13.2 Å². The van der Waals surface area contributed by atoms with Gasteiger partial charge in [-0.3, -0.25) is 4.98 Å². The lowest BCUT2D eigenvalue weighted by Gasteiger charge is -2.20. The van der Waals surface area contributed by atoms with Crippen LogP contribution in [0.25, 0.3) is 21.7 Å². The minimum Gasteiger partial charge on any atom is -0.252 e. The zero-order valence-electron chi connectivity index (χ0n) is 13.3. The van der Waals surface area contributed by atoms with Crippen LogP contribution in [0.15, 0.2) is 42.5 Å². The Morgan fingerprint density at radius 2 is 1.52 bits per heavy atom. The molecule has 0 aliphatic heterocycles. The number of hydrogen-bond donors (Lipinski definition) is 0. The van der Waals surface area contributed by atoms with Crippen molar-refractivity contribution in [3.05, 3.63) is 53.7 Å². The predicted molar refractivity (Wildman–Crippen MR) is 87.7 cm³/mol. The minimum atomic E-state index is -4.27. The molecule has 3 rings (SSSR count). The Balaban J connectivity index is 2.32. The predicted octanol–water partition coefficient (Wildman–Crippen LogP) is 5.79. The first-order chi connectivity index (χ1) is 10.6. The van der Waals surface area contributed by atoms with Gasteiger partial charge >= 0.3 is 6.18 Å². The molecule has 1 aromatic heterocycles. The highest BCUT2D eigenvalue weighted by atomic mass is 19.4. The van der Waals surface area contributed by atoms with Crippen LogP contribution in [0.5, 0.6) is 0 Å². The summed E-state index contributed by atoms with van der Waals surface area (Å²) in [5.41, 5.74) is 1.69. The van der Waals surface area contributed by atoms with Gasteiger partial charge in [-0.15, -0.1) is 0 Å². The summed E-state index contributed by atoms with van der Waals surface area (Å²) in [6, 6.07) is 13.1. The maximum atomic E-state index is 12.9. The van der Waals surface area contributed by atoms with Crippen molar-refractivity contribution in [2.24, 2.45) is 0 Å². The van der Waals surface area contributed by atoms with Gasteiger partial charge in [-0.2, -0.15) is 13.2 Å². The Morgan fingerprint density at radius 1 is 0.870 bits per heavy atom. The van der Waals surface area contributed by atoms with Crippen LogP contribution >= 0.6 is 0 Å². The molecule has 0 saturated carbocycles. The van der Waals surface area contributed by atoms with Gasteiger partial charge in [0.1, 0.15) is 0 Å². The molecule has 120 valence electrons. The molecule has 0 atom stereocenters. The van der Waals surface area contributed by atoms with E-state index in [0.29, 0.717) is 10.9 Å². The summed E-state index contributed by atoms with van der Waals surface area (Å²) >= 11 is 0. The monoisotopic (exact) mass is 317 g/mol. The molecule has 0 fully saturated rings. The maximum absolute atomic E-state index is 12.9. The van der Waals surface area contributed by atoms with Crippen LogP contribution in [0.4, 0.5) is 13.2 Å². The number of benzene rings is 2. The summed E-state index contributed by atoms with van der Waals surface area (Å²) in [6.07, 6.45) is -5.28. The fraction of sp³-hybridized carbons (Fsp3) is 0.316. The van der Waals surface area contributed by atoms with Gasteiger partial charge in [-0.25, -0.2) is 0 Å². The van der Waals surface area contributed by atoms with E-state index in [0.717, 1.165) is 16.3 Å².